The number of halogens is 2. The highest BCUT2D eigenvalue weighted by molar-refractivity contribution is 7.92. The summed E-state index contributed by atoms with van der Waals surface area (Å²) in [5.74, 6) is -1.46. The molecule has 1 unspecified atom stereocenters. The third kappa shape index (κ3) is 2.99. The van der Waals surface area contributed by atoms with Crippen LogP contribution >= 0.6 is 23.2 Å². The largest absolute Gasteiger partial charge is 0.480 e. The molecule has 0 radical (unpaired) electrons. The van der Waals surface area contributed by atoms with Crippen LogP contribution in [0.3, 0.4) is 0 Å². The lowest BCUT2D eigenvalue weighted by atomic mass is 10.1. The first-order chi connectivity index (χ1) is 11.7. The number of fused-ring (bicyclic) bond motifs is 1. The first kappa shape index (κ1) is 17.7. The van der Waals surface area contributed by atoms with E-state index in [-0.39, 0.29) is 15.5 Å². The minimum atomic E-state index is -4.16. The van der Waals surface area contributed by atoms with Gasteiger partial charge in [0.15, 0.2) is 20.7 Å². The van der Waals surface area contributed by atoms with Gasteiger partial charge in [0.25, 0.3) is 0 Å². The normalized spacial score (nSPS) is 13.1. The van der Waals surface area contributed by atoms with Gasteiger partial charge in [-0.1, -0.05) is 40.5 Å². The van der Waals surface area contributed by atoms with Crippen LogP contribution in [0.1, 0.15) is 6.92 Å². The highest BCUT2D eigenvalue weighted by atomic mass is 35.5. The molecule has 1 N–H and O–H groups in total. The summed E-state index contributed by atoms with van der Waals surface area (Å²) in [7, 11) is -4.16. The van der Waals surface area contributed by atoms with Crippen LogP contribution in [0, 0.1) is 0 Å². The van der Waals surface area contributed by atoms with Crippen molar-refractivity contribution < 1.29 is 22.8 Å². The van der Waals surface area contributed by atoms with Gasteiger partial charge in [0.1, 0.15) is 10.7 Å². The number of hydrogen-bond donors (Lipinski definition) is 1. The summed E-state index contributed by atoms with van der Waals surface area (Å²) >= 11 is 12.0. The van der Waals surface area contributed by atoms with Gasteiger partial charge in [-0.15, -0.1) is 0 Å². The van der Waals surface area contributed by atoms with Gasteiger partial charge in [-0.05, 0) is 31.2 Å². The van der Waals surface area contributed by atoms with Crippen LogP contribution in [0.4, 0.5) is 0 Å². The van der Waals surface area contributed by atoms with E-state index in [1.807, 2.05) is 0 Å². The number of rotatable bonds is 4. The van der Waals surface area contributed by atoms with Crippen molar-refractivity contribution in [3.63, 3.8) is 0 Å². The molecule has 3 aromatic rings. The summed E-state index contributed by atoms with van der Waals surface area (Å²) in [6.45, 7) is 1.08. The number of carbonyl (C=O) groups is 1. The Labute approximate surface area is 152 Å². The molecule has 0 fully saturated rings. The fraction of sp³-hybridized carbons (Fsp3) is 0.125. The Hall–Kier alpha value is -2.09. The molecule has 130 valence electrons. The standard InChI is InChI=1S/C16H11Cl2NO5S/c1-8(16(20)21)25(22,23)12-7-6-11-14(19-24-15(11)13(12)18)9-2-4-10(17)5-3-9/h2-8H,1H3,(H,20,21). The number of carboxylic acids is 1. The van der Waals surface area contributed by atoms with Crippen LogP contribution in [0.25, 0.3) is 22.2 Å². The number of sulfone groups is 1. The number of benzene rings is 2. The molecule has 0 spiro atoms. The van der Waals surface area contributed by atoms with Gasteiger partial charge in [-0.2, -0.15) is 0 Å². The van der Waals surface area contributed by atoms with Crippen molar-refractivity contribution in [1.82, 2.24) is 5.16 Å². The maximum absolute atomic E-state index is 12.4. The van der Waals surface area contributed by atoms with E-state index < -0.39 is 21.1 Å². The number of carboxylic acid groups (broad SMARTS) is 1. The Morgan fingerprint density at radius 3 is 2.40 bits per heavy atom. The molecule has 0 aliphatic heterocycles. The average Bonchev–Trinajstić information content (AvgIpc) is 2.99. The van der Waals surface area contributed by atoms with E-state index in [2.05, 4.69) is 5.16 Å². The molecule has 1 atom stereocenters. The summed E-state index contributed by atoms with van der Waals surface area (Å²) in [5, 5.41) is 12.2. The second kappa shape index (κ2) is 6.33. The van der Waals surface area contributed by atoms with Gasteiger partial charge in [0.05, 0.1) is 10.3 Å². The molecule has 1 heterocycles. The number of aliphatic carboxylic acids is 1. The number of hydrogen-bond acceptors (Lipinski definition) is 5. The Kier molecular flexibility index (Phi) is 4.49. The van der Waals surface area contributed by atoms with Crippen LogP contribution in [-0.4, -0.2) is 29.9 Å². The summed E-state index contributed by atoms with van der Waals surface area (Å²) < 4.78 is 30.0. The molecular formula is C16H11Cl2NO5S. The molecule has 3 rings (SSSR count). The molecule has 0 saturated heterocycles. The highest BCUT2D eigenvalue weighted by Crippen LogP contribution is 2.37. The molecule has 0 amide bonds. The summed E-state index contributed by atoms with van der Waals surface area (Å²) in [6, 6.07) is 9.60. The van der Waals surface area contributed by atoms with Crippen LogP contribution < -0.4 is 0 Å². The first-order valence-electron chi connectivity index (χ1n) is 7.04. The van der Waals surface area contributed by atoms with E-state index in [1.54, 1.807) is 24.3 Å². The predicted molar refractivity (Wildman–Crippen MR) is 93.7 cm³/mol. The third-order valence-electron chi connectivity index (χ3n) is 3.78. The SMILES string of the molecule is CC(C(=O)O)S(=O)(=O)c1ccc2c(-c3ccc(Cl)cc3)noc2c1Cl. The zero-order valence-corrected chi connectivity index (χ0v) is 15.1. The second-order valence-electron chi connectivity index (χ2n) is 5.32. The van der Waals surface area contributed by atoms with Crippen molar-refractivity contribution in [2.45, 2.75) is 17.1 Å². The van der Waals surface area contributed by atoms with E-state index in [1.165, 1.54) is 12.1 Å². The smallest absolute Gasteiger partial charge is 0.321 e. The zero-order valence-electron chi connectivity index (χ0n) is 12.7. The summed E-state index contributed by atoms with van der Waals surface area (Å²) in [4.78, 5) is 10.7. The Morgan fingerprint density at radius 1 is 1.16 bits per heavy atom. The molecule has 1 aromatic heterocycles. The lowest BCUT2D eigenvalue weighted by Gasteiger charge is -2.10. The maximum atomic E-state index is 12.4. The van der Waals surface area contributed by atoms with Gasteiger partial charge >= 0.3 is 5.97 Å². The quantitative estimate of drug-likeness (QED) is 0.710. The molecule has 9 heteroatoms. The van der Waals surface area contributed by atoms with Crippen molar-refractivity contribution >= 4 is 50.0 Å². The maximum Gasteiger partial charge on any atom is 0.321 e. The van der Waals surface area contributed by atoms with E-state index >= 15 is 0 Å². The topological polar surface area (TPSA) is 97.5 Å². The van der Waals surface area contributed by atoms with Crippen molar-refractivity contribution in [3.05, 3.63) is 46.4 Å². The minimum Gasteiger partial charge on any atom is -0.480 e. The average molecular weight is 400 g/mol. The molecule has 0 saturated carbocycles. The molecule has 6 nitrogen and oxygen atoms in total. The Balaban J connectivity index is 2.17. The lowest BCUT2D eigenvalue weighted by molar-refractivity contribution is -0.136. The molecule has 0 aliphatic rings. The van der Waals surface area contributed by atoms with E-state index in [9.17, 15) is 13.2 Å². The first-order valence-corrected chi connectivity index (χ1v) is 9.34. The zero-order chi connectivity index (χ0) is 18.4. The van der Waals surface area contributed by atoms with Gasteiger partial charge in [0.2, 0.25) is 0 Å². The number of aromatic nitrogens is 1. The molecular weight excluding hydrogens is 389 g/mol. The minimum absolute atomic E-state index is 0.0743. The monoisotopic (exact) mass is 399 g/mol. The van der Waals surface area contributed by atoms with Crippen LogP contribution in [0.2, 0.25) is 10.0 Å². The van der Waals surface area contributed by atoms with Crippen molar-refractivity contribution in [2.75, 3.05) is 0 Å². The van der Waals surface area contributed by atoms with Crippen LogP contribution in [0.5, 0.6) is 0 Å². The van der Waals surface area contributed by atoms with Crippen molar-refractivity contribution in [3.8, 4) is 11.3 Å². The second-order valence-corrected chi connectivity index (χ2v) is 8.37. The molecule has 2 aromatic carbocycles. The van der Waals surface area contributed by atoms with Gasteiger partial charge in [-0.25, -0.2) is 8.42 Å². The van der Waals surface area contributed by atoms with Gasteiger partial charge < -0.3 is 9.63 Å². The van der Waals surface area contributed by atoms with Crippen LogP contribution in [0.15, 0.2) is 45.8 Å². The lowest BCUT2D eigenvalue weighted by Crippen LogP contribution is -2.27. The Morgan fingerprint density at radius 2 is 1.80 bits per heavy atom. The van der Waals surface area contributed by atoms with Crippen LogP contribution in [-0.2, 0) is 14.6 Å². The molecule has 0 aliphatic carbocycles. The predicted octanol–water partition coefficient (Wildman–Crippen LogP) is 4.05. The Bertz CT molecular complexity index is 1070. The summed E-state index contributed by atoms with van der Waals surface area (Å²) in [5.41, 5.74) is 1.27. The fourth-order valence-corrected chi connectivity index (χ4v) is 4.21. The van der Waals surface area contributed by atoms with Crippen molar-refractivity contribution in [2.24, 2.45) is 0 Å². The molecule has 25 heavy (non-hydrogen) atoms. The van der Waals surface area contributed by atoms with E-state index in [4.69, 9.17) is 32.8 Å². The summed E-state index contributed by atoms with van der Waals surface area (Å²) in [6.07, 6.45) is 0. The highest BCUT2D eigenvalue weighted by Gasteiger charge is 2.33. The van der Waals surface area contributed by atoms with Gasteiger partial charge in [-0.3, -0.25) is 4.79 Å². The number of nitrogens with zero attached hydrogens (tertiary/aromatic N) is 1. The van der Waals surface area contributed by atoms with E-state index in [0.29, 0.717) is 21.7 Å². The third-order valence-corrected chi connectivity index (χ3v) is 6.61. The van der Waals surface area contributed by atoms with Gasteiger partial charge in [0, 0.05) is 10.6 Å². The van der Waals surface area contributed by atoms with Crippen molar-refractivity contribution in [1.29, 1.82) is 0 Å². The molecule has 0 bridgehead atoms. The fourth-order valence-electron chi connectivity index (χ4n) is 2.31. The van der Waals surface area contributed by atoms with E-state index in [0.717, 1.165) is 6.92 Å².